The van der Waals surface area contributed by atoms with E-state index in [9.17, 15) is 0 Å². The van der Waals surface area contributed by atoms with E-state index in [-0.39, 0.29) is 5.54 Å². The van der Waals surface area contributed by atoms with E-state index in [1.807, 2.05) is 12.1 Å². The number of hydrogen-bond acceptors (Lipinski definition) is 4. The molecule has 0 unspecified atom stereocenters. The summed E-state index contributed by atoms with van der Waals surface area (Å²) in [7, 11) is 2.16. The molecule has 2 N–H and O–H groups in total. The van der Waals surface area contributed by atoms with Gasteiger partial charge in [0.05, 0.1) is 0 Å². The lowest BCUT2D eigenvalue weighted by atomic mass is 10.00. The molecule has 0 radical (unpaired) electrons. The maximum absolute atomic E-state index is 5.66. The summed E-state index contributed by atoms with van der Waals surface area (Å²) < 4.78 is 0. The second-order valence-electron chi connectivity index (χ2n) is 5.42. The molecule has 0 spiro atoms. The molecule has 1 aliphatic rings. The van der Waals surface area contributed by atoms with E-state index in [1.54, 1.807) is 6.20 Å². The highest BCUT2D eigenvalue weighted by atomic mass is 32.1. The van der Waals surface area contributed by atoms with Gasteiger partial charge in [0, 0.05) is 36.9 Å². The summed E-state index contributed by atoms with van der Waals surface area (Å²) >= 11 is 5.01. The lowest BCUT2D eigenvalue weighted by Gasteiger charge is -2.45. The van der Waals surface area contributed by atoms with Crippen molar-refractivity contribution in [2.24, 2.45) is 5.73 Å². The largest absolute Gasteiger partial charge is 0.389 e. The fourth-order valence-corrected chi connectivity index (χ4v) is 2.31. The van der Waals surface area contributed by atoms with Crippen molar-refractivity contribution in [3.63, 3.8) is 0 Å². The van der Waals surface area contributed by atoms with Crippen molar-refractivity contribution in [1.29, 1.82) is 0 Å². The minimum absolute atomic E-state index is 0.152. The number of anilines is 1. The Hall–Kier alpha value is -1.20. The van der Waals surface area contributed by atoms with Crippen molar-refractivity contribution in [2.75, 3.05) is 31.6 Å². The number of hydrogen-bond donors (Lipinski definition) is 1. The van der Waals surface area contributed by atoms with Gasteiger partial charge < -0.3 is 10.6 Å². The van der Waals surface area contributed by atoms with Crippen LogP contribution in [0.15, 0.2) is 18.3 Å². The van der Waals surface area contributed by atoms with Gasteiger partial charge in [-0.3, -0.25) is 4.90 Å². The number of nitrogens with two attached hydrogens (primary N) is 1. The summed E-state index contributed by atoms with van der Waals surface area (Å²) in [6, 6.07) is 3.83. The van der Waals surface area contributed by atoms with Crippen LogP contribution in [0.4, 0.5) is 5.82 Å². The maximum atomic E-state index is 5.66. The zero-order chi connectivity index (χ0) is 13.3. The van der Waals surface area contributed by atoms with E-state index in [1.165, 1.54) is 0 Å². The van der Waals surface area contributed by atoms with Crippen LogP contribution in [0.2, 0.25) is 0 Å². The number of nitrogens with zero attached hydrogens (tertiary/aromatic N) is 3. The van der Waals surface area contributed by atoms with Gasteiger partial charge in [-0.15, -0.1) is 0 Å². The first-order chi connectivity index (χ1) is 8.40. The minimum Gasteiger partial charge on any atom is -0.389 e. The predicted molar refractivity (Wildman–Crippen MR) is 79.0 cm³/mol. The Morgan fingerprint density at radius 2 is 2.17 bits per heavy atom. The Balaban J connectivity index is 2.22. The smallest absolute Gasteiger partial charge is 0.129 e. The van der Waals surface area contributed by atoms with Crippen molar-refractivity contribution < 1.29 is 0 Å². The van der Waals surface area contributed by atoms with Crippen molar-refractivity contribution >= 4 is 23.0 Å². The molecule has 1 aliphatic heterocycles. The third kappa shape index (κ3) is 2.62. The number of likely N-dealkylation sites (N-methyl/N-ethyl adjacent to an activating group) is 1. The highest BCUT2D eigenvalue weighted by molar-refractivity contribution is 7.80. The molecule has 1 aromatic heterocycles. The highest BCUT2D eigenvalue weighted by Crippen LogP contribution is 2.23. The van der Waals surface area contributed by atoms with Crippen LogP contribution < -0.4 is 10.6 Å². The fraction of sp³-hybridized carbons (Fsp3) is 0.538. The molecule has 0 amide bonds. The number of piperazine rings is 1. The van der Waals surface area contributed by atoms with Crippen molar-refractivity contribution in [3.8, 4) is 0 Å². The predicted octanol–water partition coefficient (Wildman–Crippen LogP) is 1.25. The molecule has 98 valence electrons. The average molecular weight is 264 g/mol. The molecule has 0 bridgehead atoms. The summed E-state index contributed by atoms with van der Waals surface area (Å²) in [5, 5.41) is 0. The highest BCUT2D eigenvalue weighted by Gasteiger charge is 2.31. The summed E-state index contributed by atoms with van der Waals surface area (Å²) in [6.45, 7) is 7.46. The quantitative estimate of drug-likeness (QED) is 0.815. The van der Waals surface area contributed by atoms with Crippen LogP contribution in [0.5, 0.6) is 0 Å². The molecule has 0 saturated carbocycles. The number of pyridine rings is 1. The third-order valence-electron chi connectivity index (χ3n) is 3.67. The van der Waals surface area contributed by atoms with Crippen LogP contribution in [0.3, 0.4) is 0 Å². The van der Waals surface area contributed by atoms with Crippen LogP contribution in [-0.4, -0.2) is 47.1 Å². The van der Waals surface area contributed by atoms with Crippen LogP contribution in [0.25, 0.3) is 0 Å². The molecule has 1 fully saturated rings. The Bertz CT molecular complexity index is 458. The summed E-state index contributed by atoms with van der Waals surface area (Å²) in [5.74, 6) is 0.960. The summed E-state index contributed by atoms with van der Waals surface area (Å²) in [6.07, 6.45) is 1.77. The van der Waals surface area contributed by atoms with E-state index >= 15 is 0 Å². The second kappa shape index (κ2) is 4.82. The van der Waals surface area contributed by atoms with Gasteiger partial charge >= 0.3 is 0 Å². The van der Waals surface area contributed by atoms with Gasteiger partial charge in [0.1, 0.15) is 10.8 Å². The lowest BCUT2D eigenvalue weighted by molar-refractivity contribution is 0.138. The topological polar surface area (TPSA) is 45.4 Å². The molecule has 4 nitrogen and oxygen atoms in total. The molecule has 2 heterocycles. The normalized spacial score (nSPS) is 19.8. The van der Waals surface area contributed by atoms with Crippen molar-refractivity contribution in [3.05, 3.63) is 23.9 Å². The van der Waals surface area contributed by atoms with Gasteiger partial charge in [-0.2, -0.15) is 0 Å². The summed E-state index contributed by atoms with van der Waals surface area (Å²) in [4.78, 5) is 9.52. The summed E-state index contributed by atoms with van der Waals surface area (Å²) in [5.41, 5.74) is 6.70. The van der Waals surface area contributed by atoms with Gasteiger partial charge in [0.2, 0.25) is 0 Å². The molecule has 1 saturated heterocycles. The van der Waals surface area contributed by atoms with Gasteiger partial charge in [-0.1, -0.05) is 12.2 Å². The standard InChI is InChI=1S/C13H20N4S/c1-13(2)9-17(7-6-16(13)3)11-8-10(12(14)18)4-5-15-11/h4-5,8H,6-7,9H2,1-3H3,(H2,14,18). The minimum atomic E-state index is 0.152. The molecular formula is C13H20N4S. The first-order valence-corrected chi connectivity index (χ1v) is 6.53. The van der Waals surface area contributed by atoms with E-state index < -0.39 is 0 Å². The van der Waals surface area contributed by atoms with Gasteiger partial charge in [-0.05, 0) is 33.0 Å². The lowest BCUT2D eigenvalue weighted by Crippen LogP contribution is -2.57. The first-order valence-electron chi connectivity index (χ1n) is 6.12. The molecule has 5 heteroatoms. The van der Waals surface area contributed by atoms with Crippen LogP contribution in [0, 0.1) is 0 Å². The van der Waals surface area contributed by atoms with Crippen LogP contribution >= 0.6 is 12.2 Å². The monoisotopic (exact) mass is 264 g/mol. The van der Waals surface area contributed by atoms with Crippen molar-refractivity contribution in [2.45, 2.75) is 19.4 Å². The molecule has 2 rings (SSSR count). The average Bonchev–Trinajstić information content (AvgIpc) is 2.33. The van der Waals surface area contributed by atoms with Gasteiger partial charge in [0.15, 0.2) is 0 Å². The van der Waals surface area contributed by atoms with Gasteiger partial charge in [0.25, 0.3) is 0 Å². The molecule has 18 heavy (non-hydrogen) atoms. The second-order valence-corrected chi connectivity index (χ2v) is 5.86. The van der Waals surface area contributed by atoms with E-state index in [2.05, 4.69) is 35.7 Å². The van der Waals surface area contributed by atoms with E-state index in [4.69, 9.17) is 18.0 Å². The molecule has 1 aromatic rings. The third-order valence-corrected chi connectivity index (χ3v) is 3.91. The molecule has 0 aliphatic carbocycles. The molecule has 0 atom stereocenters. The number of aromatic nitrogens is 1. The Kier molecular flexibility index (Phi) is 3.54. The molecular weight excluding hydrogens is 244 g/mol. The number of thiocarbonyl (C=S) groups is 1. The fourth-order valence-electron chi connectivity index (χ4n) is 2.18. The zero-order valence-corrected chi connectivity index (χ0v) is 12.0. The van der Waals surface area contributed by atoms with Crippen molar-refractivity contribution in [1.82, 2.24) is 9.88 Å². The van der Waals surface area contributed by atoms with Gasteiger partial charge in [-0.25, -0.2) is 4.98 Å². The van der Waals surface area contributed by atoms with E-state index in [0.717, 1.165) is 31.0 Å². The zero-order valence-electron chi connectivity index (χ0n) is 11.2. The molecule has 0 aromatic carbocycles. The number of rotatable bonds is 2. The maximum Gasteiger partial charge on any atom is 0.129 e. The van der Waals surface area contributed by atoms with Crippen LogP contribution in [-0.2, 0) is 0 Å². The SMILES string of the molecule is CN1CCN(c2cc(C(N)=S)ccn2)CC1(C)C. The Morgan fingerprint density at radius 1 is 1.44 bits per heavy atom. The van der Waals surface area contributed by atoms with E-state index in [0.29, 0.717) is 4.99 Å². The Morgan fingerprint density at radius 3 is 2.78 bits per heavy atom. The Labute approximate surface area is 114 Å². The first kappa shape index (κ1) is 13.2. The van der Waals surface area contributed by atoms with Crippen LogP contribution in [0.1, 0.15) is 19.4 Å².